The number of carbonyl (C=O) groups excluding carboxylic acids is 1. The zero-order chi connectivity index (χ0) is 27.6. The molecule has 0 saturated carbocycles. The molecule has 1 aliphatic heterocycles. The topological polar surface area (TPSA) is 26.8 Å². The van der Waals surface area contributed by atoms with Crippen LogP contribution in [0.3, 0.4) is 0 Å². The van der Waals surface area contributed by atoms with Crippen molar-refractivity contribution in [2.75, 3.05) is 55.6 Å². The molecule has 0 atom stereocenters. The van der Waals surface area contributed by atoms with E-state index in [1.165, 1.54) is 16.9 Å². The van der Waals surface area contributed by atoms with Crippen LogP contribution in [0.5, 0.6) is 0 Å². The summed E-state index contributed by atoms with van der Waals surface area (Å²) in [6.45, 7) is 14.9. The smallest absolute Gasteiger partial charge is 0.187 e. The summed E-state index contributed by atoms with van der Waals surface area (Å²) in [7, 11) is 0. The molecule has 0 aromatic heterocycles. The average molecular weight is 522 g/mol. The summed E-state index contributed by atoms with van der Waals surface area (Å²) in [6, 6.07) is 27.8. The Bertz CT molecular complexity index is 1170. The number of Topliss-reactive ketones (excluding diaryl/α,β-unsaturated/α-hetero) is 1. The maximum atomic E-state index is 13.7. The lowest BCUT2D eigenvalue weighted by Crippen LogP contribution is -2.38. The second-order valence-electron chi connectivity index (χ2n) is 10.1. The predicted molar refractivity (Wildman–Crippen MR) is 168 cm³/mol. The van der Waals surface area contributed by atoms with Gasteiger partial charge in [-0.3, -0.25) is 9.69 Å². The summed E-state index contributed by atoms with van der Waals surface area (Å²) in [5, 5.41) is 0. The highest BCUT2D eigenvalue weighted by Crippen LogP contribution is 2.25. The van der Waals surface area contributed by atoms with E-state index >= 15 is 0 Å². The van der Waals surface area contributed by atoms with Crippen molar-refractivity contribution in [3.05, 3.63) is 107 Å². The summed E-state index contributed by atoms with van der Waals surface area (Å²) in [6.07, 6.45) is 5.13. The van der Waals surface area contributed by atoms with Gasteiger partial charge in [0.25, 0.3) is 0 Å². The van der Waals surface area contributed by atoms with Crippen LogP contribution in [0.2, 0.25) is 0 Å². The highest BCUT2D eigenvalue weighted by Gasteiger charge is 2.26. The van der Waals surface area contributed by atoms with Crippen LogP contribution in [0.4, 0.5) is 11.4 Å². The Balaban J connectivity index is 1.59. The maximum Gasteiger partial charge on any atom is 0.187 e. The Labute approximate surface area is 235 Å². The van der Waals surface area contributed by atoms with Crippen molar-refractivity contribution in [2.24, 2.45) is 0 Å². The molecule has 4 heteroatoms. The van der Waals surface area contributed by atoms with Crippen LogP contribution in [0.1, 0.15) is 44.4 Å². The van der Waals surface area contributed by atoms with Crippen LogP contribution in [-0.4, -0.2) is 56.5 Å². The zero-order valence-electron chi connectivity index (χ0n) is 24.1. The lowest BCUT2D eigenvalue weighted by Gasteiger charge is -2.30. The van der Waals surface area contributed by atoms with Crippen LogP contribution in [0.25, 0.3) is 12.2 Å². The number of carbonyl (C=O) groups is 1. The van der Waals surface area contributed by atoms with Crippen molar-refractivity contribution < 1.29 is 4.79 Å². The van der Waals surface area contributed by atoms with Gasteiger partial charge in [0.05, 0.1) is 0 Å². The van der Waals surface area contributed by atoms with Gasteiger partial charge in [0, 0.05) is 68.3 Å². The number of piperidine rings is 1. The van der Waals surface area contributed by atoms with Crippen LogP contribution < -0.4 is 9.80 Å². The van der Waals surface area contributed by atoms with Gasteiger partial charge in [-0.15, -0.1) is 0 Å². The maximum absolute atomic E-state index is 13.7. The summed E-state index contributed by atoms with van der Waals surface area (Å²) >= 11 is 0. The summed E-state index contributed by atoms with van der Waals surface area (Å²) in [4.78, 5) is 20.8. The number of anilines is 2. The first-order valence-corrected chi connectivity index (χ1v) is 14.5. The van der Waals surface area contributed by atoms with E-state index in [0.29, 0.717) is 13.1 Å². The van der Waals surface area contributed by atoms with Gasteiger partial charge < -0.3 is 9.80 Å². The SMILES string of the molecule is CCN(CC)c1ccc(C=C2CN(CCc3ccccc3)CC(=Cc3ccc(N(CC)CC)cc3)C2=O)cc1. The minimum absolute atomic E-state index is 0.159. The molecular formula is C35H43N3O. The molecule has 0 unspecified atom stereocenters. The third-order valence-electron chi connectivity index (χ3n) is 7.66. The van der Waals surface area contributed by atoms with E-state index in [0.717, 1.165) is 61.4 Å². The molecule has 4 rings (SSSR count). The minimum Gasteiger partial charge on any atom is -0.372 e. The van der Waals surface area contributed by atoms with Crippen LogP contribution in [-0.2, 0) is 11.2 Å². The van der Waals surface area contributed by atoms with Gasteiger partial charge in [-0.05, 0) is 87.2 Å². The van der Waals surface area contributed by atoms with Crippen LogP contribution in [0.15, 0.2) is 90.0 Å². The van der Waals surface area contributed by atoms with E-state index in [-0.39, 0.29) is 5.78 Å². The van der Waals surface area contributed by atoms with Gasteiger partial charge in [0.1, 0.15) is 0 Å². The number of nitrogens with zero attached hydrogens (tertiary/aromatic N) is 3. The van der Waals surface area contributed by atoms with Gasteiger partial charge in [-0.2, -0.15) is 0 Å². The molecule has 39 heavy (non-hydrogen) atoms. The second-order valence-corrected chi connectivity index (χ2v) is 10.1. The minimum atomic E-state index is 0.159. The Morgan fingerprint density at radius 2 is 1.08 bits per heavy atom. The first-order valence-electron chi connectivity index (χ1n) is 14.5. The number of ketones is 1. The molecule has 0 aliphatic carbocycles. The first kappa shape index (κ1) is 28.4. The van der Waals surface area contributed by atoms with Crippen LogP contribution >= 0.6 is 0 Å². The number of hydrogen-bond acceptors (Lipinski definition) is 4. The van der Waals surface area contributed by atoms with Crippen molar-refractivity contribution in [3.8, 4) is 0 Å². The van der Waals surface area contributed by atoms with Crippen molar-refractivity contribution in [1.29, 1.82) is 0 Å². The van der Waals surface area contributed by atoms with Crippen molar-refractivity contribution in [1.82, 2.24) is 4.90 Å². The molecule has 1 saturated heterocycles. The van der Waals surface area contributed by atoms with E-state index in [4.69, 9.17) is 0 Å². The van der Waals surface area contributed by atoms with Crippen LogP contribution in [0, 0.1) is 0 Å². The zero-order valence-corrected chi connectivity index (χ0v) is 24.1. The summed E-state index contributed by atoms with van der Waals surface area (Å²) < 4.78 is 0. The predicted octanol–water partition coefficient (Wildman–Crippen LogP) is 6.97. The summed E-state index contributed by atoms with van der Waals surface area (Å²) in [5.41, 5.74) is 7.62. The normalized spacial score (nSPS) is 16.2. The Hall–Kier alpha value is -3.63. The molecule has 0 amide bonds. The fourth-order valence-electron chi connectivity index (χ4n) is 5.34. The molecule has 0 spiro atoms. The van der Waals surface area contributed by atoms with E-state index in [9.17, 15) is 4.79 Å². The third-order valence-corrected chi connectivity index (χ3v) is 7.66. The molecule has 3 aromatic rings. The molecule has 0 radical (unpaired) electrons. The van der Waals surface area contributed by atoms with Crippen molar-refractivity contribution in [3.63, 3.8) is 0 Å². The molecule has 1 aliphatic rings. The van der Waals surface area contributed by atoms with E-state index in [1.54, 1.807) is 0 Å². The lowest BCUT2D eigenvalue weighted by molar-refractivity contribution is -0.113. The highest BCUT2D eigenvalue weighted by molar-refractivity contribution is 6.14. The quantitative estimate of drug-likeness (QED) is 0.255. The van der Waals surface area contributed by atoms with Gasteiger partial charge in [0.2, 0.25) is 0 Å². The van der Waals surface area contributed by atoms with E-state index in [1.807, 2.05) is 0 Å². The molecule has 0 N–H and O–H groups in total. The van der Waals surface area contributed by atoms with Gasteiger partial charge in [-0.25, -0.2) is 0 Å². The van der Waals surface area contributed by atoms with Gasteiger partial charge in [0.15, 0.2) is 5.78 Å². The number of rotatable bonds is 11. The number of hydrogen-bond donors (Lipinski definition) is 0. The fraction of sp³-hybridized carbons (Fsp3) is 0.343. The largest absolute Gasteiger partial charge is 0.372 e. The number of benzene rings is 3. The molecule has 1 heterocycles. The van der Waals surface area contributed by atoms with Gasteiger partial charge in [-0.1, -0.05) is 54.6 Å². The molecular weight excluding hydrogens is 478 g/mol. The molecule has 1 fully saturated rings. The lowest BCUT2D eigenvalue weighted by atomic mass is 9.93. The Kier molecular flexibility index (Phi) is 10.2. The molecule has 4 nitrogen and oxygen atoms in total. The molecule has 0 bridgehead atoms. The Morgan fingerprint density at radius 3 is 1.49 bits per heavy atom. The van der Waals surface area contributed by atoms with Gasteiger partial charge >= 0.3 is 0 Å². The monoisotopic (exact) mass is 521 g/mol. The van der Waals surface area contributed by atoms with Crippen molar-refractivity contribution in [2.45, 2.75) is 34.1 Å². The highest BCUT2D eigenvalue weighted by atomic mass is 16.1. The first-order chi connectivity index (χ1) is 19.0. The van der Waals surface area contributed by atoms with Crippen molar-refractivity contribution >= 4 is 29.3 Å². The van der Waals surface area contributed by atoms with E-state index in [2.05, 4.69) is 133 Å². The summed E-state index contributed by atoms with van der Waals surface area (Å²) in [5.74, 6) is 0.159. The van der Waals surface area contributed by atoms with E-state index < -0.39 is 0 Å². The standard InChI is InChI=1S/C35H43N3O/c1-5-37(6-2)33-18-14-29(15-19-33)24-31-26-36(23-22-28-12-10-9-11-13-28)27-32(35(31)39)25-30-16-20-34(21-17-30)38(7-3)8-4/h9-21,24-25H,5-8,22-23,26-27H2,1-4H3. The third kappa shape index (κ3) is 7.48. The average Bonchev–Trinajstić information content (AvgIpc) is 2.97. The molecule has 204 valence electrons. The molecule has 3 aromatic carbocycles. The fourth-order valence-corrected chi connectivity index (χ4v) is 5.34. The second kappa shape index (κ2) is 14.0. The number of likely N-dealkylation sites (tertiary alicyclic amines) is 1. The Morgan fingerprint density at radius 1 is 0.641 bits per heavy atom.